The minimum Gasteiger partial charge on any atom is -0.371 e. The van der Waals surface area contributed by atoms with E-state index in [2.05, 4.69) is 61.8 Å². The molecule has 0 fully saturated rings. The Morgan fingerprint density at radius 3 is 2.20 bits per heavy atom. The summed E-state index contributed by atoms with van der Waals surface area (Å²) in [5.41, 5.74) is 8.64. The van der Waals surface area contributed by atoms with Crippen LogP contribution in [0.15, 0.2) is 24.3 Å². The van der Waals surface area contributed by atoms with Crippen LogP contribution in [0.2, 0.25) is 0 Å². The second-order valence-corrected chi connectivity index (χ2v) is 5.31. The van der Waals surface area contributed by atoms with Gasteiger partial charge in [-0.15, -0.1) is 0 Å². The molecule has 0 bridgehead atoms. The number of nitrogens with two attached hydrogens (primary N) is 1. The Morgan fingerprint density at radius 2 is 1.65 bits per heavy atom. The molecule has 1 aromatic carbocycles. The first-order valence-corrected chi connectivity index (χ1v) is 7.95. The summed E-state index contributed by atoms with van der Waals surface area (Å²) in [4.78, 5) is 4.92. The van der Waals surface area contributed by atoms with Crippen LogP contribution < -0.4 is 10.6 Å². The lowest BCUT2D eigenvalue weighted by Crippen LogP contribution is -2.30. The van der Waals surface area contributed by atoms with Crippen molar-refractivity contribution in [1.82, 2.24) is 4.90 Å². The van der Waals surface area contributed by atoms with Gasteiger partial charge in [0.1, 0.15) is 0 Å². The second-order valence-electron chi connectivity index (χ2n) is 5.31. The van der Waals surface area contributed by atoms with Gasteiger partial charge in [-0.2, -0.15) is 0 Å². The van der Waals surface area contributed by atoms with Crippen LogP contribution in [-0.4, -0.2) is 37.6 Å². The van der Waals surface area contributed by atoms with Crippen LogP contribution in [0.4, 0.5) is 5.69 Å². The SMILES string of the molecule is CCN(CC)CCCN(CC)c1ccccc1C(C)N. The largest absolute Gasteiger partial charge is 0.371 e. The number of rotatable bonds is 9. The van der Waals surface area contributed by atoms with Crippen LogP contribution in [0.1, 0.15) is 45.7 Å². The molecule has 0 aliphatic heterocycles. The first kappa shape index (κ1) is 17.0. The van der Waals surface area contributed by atoms with E-state index in [0.29, 0.717) is 0 Å². The maximum absolute atomic E-state index is 6.09. The van der Waals surface area contributed by atoms with Gasteiger partial charge in [0.05, 0.1) is 0 Å². The van der Waals surface area contributed by atoms with Crippen molar-refractivity contribution < 1.29 is 0 Å². The zero-order chi connectivity index (χ0) is 15.0. The van der Waals surface area contributed by atoms with Crippen molar-refractivity contribution in [2.75, 3.05) is 37.6 Å². The Kier molecular flexibility index (Phi) is 7.63. The quantitative estimate of drug-likeness (QED) is 0.752. The molecule has 0 heterocycles. The molecule has 0 aromatic heterocycles. The molecule has 1 aromatic rings. The van der Waals surface area contributed by atoms with Gasteiger partial charge in [-0.05, 0) is 51.5 Å². The number of benzene rings is 1. The minimum absolute atomic E-state index is 0.0861. The lowest BCUT2D eigenvalue weighted by Gasteiger charge is -2.28. The van der Waals surface area contributed by atoms with Gasteiger partial charge >= 0.3 is 0 Å². The Morgan fingerprint density at radius 1 is 1.00 bits per heavy atom. The third-order valence-electron chi connectivity index (χ3n) is 3.95. The molecule has 0 amide bonds. The predicted octanol–water partition coefficient (Wildman–Crippen LogP) is 3.26. The monoisotopic (exact) mass is 277 g/mol. The summed E-state index contributed by atoms with van der Waals surface area (Å²) in [6.45, 7) is 14.3. The lowest BCUT2D eigenvalue weighted by atomic mass is 10.1. The van der Waals surface area contributed by atoms with Crippen LogP contribution >= 0.6 is 0 Å². The first-order valence-electron chi connectivity index (χ1n) is 7.95. The van der Waals surface area contributed by atoms with Crippen molar-refractivity contribution >= 4 is 5.69 Å². The molecular formula is C17H31N3. The molecule has 20 heavy (non-hydrogen) atoms. The van der Waals surface area contributed by atoms with Gasteiger partial charge in [-0.1, -0.05) is 32.0 Å². The summed E-state index contributed by atoms with van der Waals surface area (Å²) < 4.78 is 0. The van der Waals surface area contributed by atoms with Gasteiger partial charge in [-0.3, -0.25) is 0 Å². The van der Waals surface area contributed by atoms with Crippen molar-refractivity contribution in [3.8, 4) is 0 Å². The predicted molar refractivity (Wildman–Crippen MR) is 89.3 cm³/mol. The van der Waals surface area contributed by atoms with Gasteiger partial charge in [0.25, 0.3) is 0 Å². The van der Waals surface area contributed by atoms with Gasteiger partial charge in [0, 0.05) is 24.8 Å². The van der Waals surface area contributed by atoms with Gasteiger partial charge < -0.3 is 15.5 Å². The third kappa shape index (κ3) is 4.80. The molecule has 3 heteroatoms. The van der Waals surface area contributed by atoms with Crippen LogP contribution in [-0.2, 0) is 0 Å². The standard InChI is InChI=1S/C17H31N3/c1-5-19(6-2)13-10-14-20(7-3)17-12-9-8-11-16(17)15(4)18/h8-9,11-12,15H,5-7,10,13-14,18H2,1-4H3. The van der Waals surface area contributed by atoms with Crippen molar-refractivity contribution in [2.24, 2.45) is 5.73 Å². The number of para-hydroxylation sites is 1. The van der Waals surface area contributed by atoms with E-state index < -0.39 is 0 Å². The van der Waals surface area contributed by atoms with E-state index in [1.165, 1.54) is 24.2 Å². The van der Waals surface area contributed by atoms with Crippen molar-refractivity contribution in [1.29, 1.82) is 0 Å². The lowest BCUT2D eigenvalue weighted by molar-refractivity contribution is 0.300. The van der Waals surface area contributed by atoms with E-state index in [1.807, 2.05) is 0 Å². The van der Waals surface area contributed by atoms with Gasteiger partial charge in [0.2, 0.25) is 0 Å². The van der Waals surface area contributed by atoms with Crippen LogP contribution in [0.5, 0.6) is 0 Å². The molecule has 0 aliphatic rings. The Bertz CT molecular complexity index is 372. The number of hydrogen-bond acceptors (Lipinski definition) is 3. The Balaban J connectivity index is 2.67. The van der Waals surface area contributed by atoms with Gasteiger partial charge in [-0.25, -0.2) is 0 Å². The smallest absolute Gasteiger partial charge is 0.0414 e. The highest BCUT2D eigenvalue weighted by molar-refractivity contribution is 5.54. The maximum atomic E-state index is 6.09. The summed E-state index contributed by atoms with van der Waals surface area (Å²) in [6.07, 6.45) is 1.20. The molecule has 1 rings (SSSR count). The molecule has 1 atom stereocenters. The molecule has 0 aliphatic carbocycles. The van der Waals surface area contributed by atoms with Crippen molar-refractivity contribution in [3.63, 3.8) is 0 Å². The topological polar surface area (TPSA) is 32.5 Å². The van der Waals surface area contributed by atoms with Crippen LogP contribution in [0, 0.1) is 0 Å². The van der Waals surface area contributed by atoms with Crippen LogP contribution in [0.25, 0.3) is 0 Å². The Hall–Kier alpha value is -1.06. The highest BCUT2D eigenvalue weighted by Gasteiger charge is 2.12. The van der Waals surface area contributed by atoms with Crippen LogP contribution in [0.3, 0.4) is 0 Å². The van der Waals surface area contributed by atoms with Gasteiger partial charge in [0.15, 0.2) is 0 Å². The highest BCUT2D eigenvalue weighted by Crippen LogP contribution is 2.25. The third-order valence-corrected chi connectivity index (χ3v) is 3.95. The second kappa shape index (κ2) is 8.98. The average molecular weight is 277 g/mol. The summed E-state index contributed by atoms with van der Waals surface area (Å²) in [7, 11) is 0. The molecular weight excluding hydrogens is 246 g/mol. The number of hydrogen-bond donors (Lipinski definition) is 1. The zero-order valence-corrected chi connectivity index (χ0v) is 13.6. The van der Waals surface area contributed by atoms with E-state index in [4.69, 9.17) is 5.73 Å². The van der Waals surface area contributed by atoms with E-state index in [-0.39, 0.29) is 6.04 Å². The van der Waals surface area contributed by atoms with Crippen molar-refractivity contribution in [3.05, 3.63) is 29.8 Å². The molecule has 0 saturated heterocycles. The summed E-state index contributed by atoms with van der Waals surface area (Å²) in [5.74, 6) is 0. The van der Waals surface area contributed by atoms with Crippen molar-refractivity contribution in [2.45, 2.75) is 40.2 Å². The van der Waals surface area contributed by atoms with E-state index in [9.17, 15) is 0 Å². The van der Waals surface area contributed by atoms with E-state index >= 15 is 0 Å². The zero-order valence-electron chi connectivity index (χ0n) is 13.6. The fourth-order valence-electron chi connectivity index (χ4n) is 2.63. The minimum atomic E-state index is 0.0861. The first-order chi connectivity index (χ1) is 9.63. The molecule has 0 spiro atoms. The summed E-state index contributed by atoms with van der Waals surface area (Å²) in [5, 5.41) is 0. The fourth-order valence-corrected chi connectivity index (χ4v) is 2.63. The molecule has 114 valence electrons. The highest BCUT2D eigenvalue weighted by atomic mass is 15.1. The summed E-state index contributed by atoms with van der Waals surface area (Å²) in [6, 6.07) is 8.61. The molecule has 0 radical (unpaired) electrons. The average Bonchev–Trinajstić information content (AvgIpc) is 2.47. The van der Waals surface area contributed by atoms with E-state index in [0.717, 1.165) is 26.2 Å². The maximum Gasteiger partial charge on any atom is 0.0414 e. The molecule has 0 saturated carbocycles. The normalized spacial score (nSPS) is 12.7. The van der Waals surface area contributed by atoms with E-state index in [1.54, 1.807) is 0 Å². The molecule has 2 N–H and O–H groups in total. The number of anilines is 1. The number of nitrogens with zero attached hydrogens (tertiary/aromatic N) is 2. The Labute approximate surface area is 124 Å². The fraction of sp³-hybridized carbons (Fsp3) is 0.647. The molecule has 3 nitrogen and oxygen atoms in total. The molecule has 1 unspecified atom stereocenters. The summed E-state index contributed by atoms with van der Waals surface area (Å²) >= 11 is 0.